The van der Waals surface area contributed by atoms with Gasteiger partial charge in [-0.15, -0.1) is 12.6 Å². The first-order valence-electron chi connectivity index (χ1n) is 5.23. The first kappa shape index (κ1) is 14.2. The molecule has 0 aliphatic heterocycles. The maximum absolute atomic E-state index is 13.7. The third-order valence-corrected chi connectivity index (χ3v) is 3.29. The van der Waals surface area contributed by atoms with Crippen molar-refractivity contribution in [2.45, 2.75) is 4.90 Å². The van der Waals surface area contributed by atoms with Crippen LogP contribution in [0.25, 0.3) is 0 Å². The number of nitrogens with one attached hydrogen (secondary N) is 1. The van der Waals surface area contributed by atoms with Crippen molar-refractivity contribution in [1.82, 2.24) is 0 Å². The van der Waals surface area contributed by atoms with Crippen molar-refractivity contribution in [3.05, 3.63) is 57.8 Å². The number of carbonyl (C=O) groups excluding carboxylic acids is 1. The Balaban J connectivity index is 2.31. The second-order valence-electron chi connectivity index (χ2n) is 3.72. The van der Waals surface area contributed by atoms with Gasteiger partial charge < -0.3 is 5.32 Å². The number of hydrogen-bond acceptors (Lipinski definition) is 2. The highest BCUT2D eigenvalue weighted by Crippen LogP contribution is 2.24. The van der Waals surface area contributed by atoms with Crippen LogP contribution in [0.15, 0.2) is 41.3 Å². The predicted octanol–water partition coefficient (Wildman–Crippen LogP) is 4.67. The lowest BCUT2D eigenvalue weighted by Gasteiger charge is -2.08. The maximum atomic E-state index is 13.7. The average molecular weight is 316 g/mol. The molecular formula is C13H8Cl2FNOS. The molecule has 0 saturated carbocycles. The number of thiol groups is 1. The number of anilines is 1. The van der Waals surface area contributed by atoms with Crippen molar-refractivity contribution in [3.8, 4) is 0 Å². The molecule has 6 heteroatoms. The largest absolute Gasteiger partial charge is 0.319 e. The Morgan fingerprint density at radius 1 is 1.16 bits per heavy atom. The van der Waals surface area contributed by atoms with E-state index in [1.807, 2.05) is 0 Å². The van der Waals surface area contributed by atoms with Gasteiger partial charge in [0, 0.05) is 4.90 Å². The van der Waals surface area contributed by atoms with Gasteiger partial charge in [-0.2, -0.15) is 0 Å². The van der Waals surface area contributed by atoms with Gasteiger partial charge in [0.15, 0.2) is 5.82 Å². The molecule has 2 rings (SSSR count). The zero-order valence-corrected chi connectivity index (χ0v) is 11.9. The smallest absolute Gasteiger partial charge is 0.257 e. The molecule has 2 nitrogen and oxygen atoms in total. The van der Waals surface area contributed by atoms with Crippen molar-refractivity contribution in [3.63, 3.8) is 0 Å². The maximum Gasteiger partial charge on any atom is 0.257 e. The van der Waals surface area contributed by atoms with Crippen molar-refractivity contribution >= 4 is 47.4 Å². The summed E-state index contributed by atoms with van der Waals surface area (Å²) in [7, 11) is 0. The fourth-order valence-electron chi connectivity index (χ4n) is 1.48. The Labute approximate surface area is 124 Å². The number of carbonyl (C=O) groups is 1. The quantitative estimate of drug-likeness (QED) is 0.774. The summed E-state index contributed by atoms with van der Waals surface area (Å²) in [6, 6.07) is 9.06. The lowest BCUT2D eigenvalue weighted by atomic mass is 10.2. The van der Waals surface area contributed by atoms with E-state index in [1.54, 1.807) is 12.1 Å². The molecule has 0 aliphatic rings. The molecule has 0 aliphatic carbocycles. The minimum atomic E-state index is -0.685. The Bertz CT molecular complexity index is 649. The van der Waals surface area contributed by atoms with Crippen molar-refractivity contribution in [2.24, 2.45) is 0 Å². The van der Waals surface area contributed by atoms with Gasteiger partial charge >= 0.3 is 0 Å². The molecular weight excluding hydrogens is 308 g/mol. The van der Waals surface area contributed by atoms with Crippen LogP contribution in [0.4, 0.5) is 10.1 Å². The van der Waals surface area contributed by atoms with Crippen molar-refractivity contribution < 1.29 is 9.18 Å². The van der Waals surface area contributed by atoms with Gasteiger partial charge in [-0.05, 0) is 30.3 Å². The summed E-state index contributed by atoms with van der Waals surface area (Å²) >= 11 is 15.7. The molecule has 0 bridgehead atoms. The molecule has 0 saturated heterocycles. The topological polar surface area (TPSA) is 29.1 Å². The molecule has 2 aromatic rings. The van der Waals surface area contributed by atoms with Gasteiger partial charge in [-0.25, -0.2) is 4.39 Å². The van der Waals surface area contributed by atoms with Crippen LogP contribution in [0.2, 0.25) is 10.0 Å². The van der Waals surface area contributed by atoms with Crippen molar-refractivity contribution in [2.75, 3.05) is 5.32 Å². The van der Waals surface area contributed by atoms with E-state index in [1.165, 1.54) is 24.3 Å². The molecule has 1 N–H and O–H groups in total. The van der Waals surface area contributed by atoms with E-state index < -0.39 is 11.7 Å². The summed E-state index contributed by atoms with van der Waals surface area (Å²) in [5, 5.41) is 2.62. The van der Waals surface area contributed by atoms with Crippen LogP contribution in [0.1, 0.15) is 10.4 Å². The molecule has 1 amide bonds. The molecule has 0 heterocycles. The van der Waals surface area contributed by atoms with E-state index in [0.29, 0.717) is 4.90 Å². The Morgan fingerprint density at radius 2 is 1.89 bits per heavy atom. The van der Waals surface area contributed by atoms with Gasteiger partial charge in [0.1, 0.15) is 0 Å². The minimum Gasteiger partial charge on any atom is -0.319 e. The van der Waals surface area contributed by atoms with E-state index in [2.05, 4.69) is 17.9 Å². The number of amides is 1. The number of rotatable bonds is 2. The highest BCUT2D eigenvalue weighted by atomic mass is 35.5. The first-order valence-corrected chi connectivity index (χ1v) is 6.43. The zero-order chi connectivity index (χ0) is 14.0. The zero-order valence-electron chi connectivity index (χ0n) is 9.45. The van der Waals surface area contributed by atoms with E-state index in [9.17, 15) is 9.18 Å². The third-order valence-electron chi connectivity index (χ3n) is 2.39. The molecule has 2 aromatic carbocycles. The molecule has 98 valence electrons. The highest BCUT2D eigenvalue weighted by molar-refractivity contribution is 7.80. The van der Waals surface area contributed by atoms with Crippen LogP contribution < -0.4 is 5.32 Å². The fourth-order valence-corrected chi connectivity index (χ4v) is 2.06. The Kier molecular flexibility index (Phi) is 4.34. The molecule has 0 radical (unpaired) electrons. The molecule has 0 unspecified atom stereocenters. The third kappa shape index (κ3) is 3.21. The van der Waals surface area contributed by atoms with Crippen LogP contribution in [-0.2, 0) is 0 Å². The standard InChI is InChI=1S/C13H8Cl2FNOS/c14-9-5-4-7(19)6-8(9)13(18)17-11-3-1-2-10(15)12(11)16/h1-6,19H,(H,17,18). The summed E-state index contributed by atoms with van der Waals surface area (Å²) in [5.74, 6) is -1.21. The van der Waals surface area contributed by atoms with E-state index in [0.717, 1.165) is 0 Å². The second-order valence-corrected chi connectivity index (χ2v) is 5.05. The molecule has 0 aromatic heterocycles. The monoisotopic (exact) mass is 315 g/mol. The Morgan fingerprint density at radius 3 is 2.63 bits per heavy atom. The summed E-state index contributed by atoms with van der Waals surface area (Å²) in [4.78, 5) is 12.6. The van der Waals surface area contributed by atoms with Gasteiger partial charge in [0.2, 0.25) is 0 Å². The SMILES string of the molecule is O=C(Nc1cccc(Cl)c1F)c1cc(S)ccc1Cl. The molecule has 0 atom stereocenters. The first-order chi connectivity index (χ1) is 8.99. The molecule has 0 fully saturated rings. The second kappa shape index (κ2) is 5.82. The van der Waals surface area contributed by atoms with Crippen LogP contribution in [-0.4, -0.2) is 5.91 Å². The van der Waals surface area contributed by atoms with Gasteiger partial charge in [0.05, 0.1) is 21.3 Å². The summed E-state index contributed by atoms with van der Waals surface area (Å²) < 4.78 is 13.7. The number of halogens is 3. The average Bonchev–Trinajstić information content (AvgIpc) is 2.38. The van der Waals surface area contributed by atoms with Crippen molar-refractivity contribution in [1.29, 1.82) is 0 Å². The van der Waals surface area contributed by atoms with E-state index in [-0.39, 0.29) is 21.3 Å². The fraction of sp³-hybridized carbons (Fsp3) is 0. The van der Waals surface area contributed by atoms with Crippen LogP contribution >= 0.6 is 35.8 Å². The minimum absolute atomic E-state index is 0.00173. The summed E-state index contributed by atoms with van der Waals surface area (Å²) in [6.07, 6.45) is 0. The van der Waals surface area contributed by atoms with Gasteiger partial charge in [-0.3, -0.25) is 4.79 Å². The summed E-state index contributed by atoms with van der Waals surface area (Å²) in [6.45, 7) is 0. The highest BCUT2D eigenvalue weighted by Gasteiger charge is 2.14. The van der Waals surface area contributed by atoms with Crippen LogP contribution in [0.5, 0.6) is 0 Å². The number of hydrogen-bond donors (Lipinski definition) is 2. The predicted molar refractivity (Wildman–Crippen MR) is 78.1 cm³/mol. The normalized spacial score (nSPS) is 10.3. The molecule has 19 heavy (non-hydrogen) atoms. The lowest BCUT2D eigenvalue weighted by molar-refractivity contribution is 0.102. The van der Waals surface area contributed by atoms with E-state index in [4.69, 9.17) is 23.2 Å². The van der Waals surface area contributed by atoms with Crippen LogP contribution in [0.3, 0.4) is 0 Å². The van der Waals surface area contributed by atoms with Gasteiger partial charge in [0.25, 0.3) is 5.91 Å². The molecule has 0 spiro atoms. The van der Waals surface area contributed by atoms with Crippen LogP contribution in [0, 0.1) is 5.82 Å². The lowest BCUT2D eigenvalue weighted by Crippen LogP contribution is -2.13. The summed E-state index contributed by atoms with van der Waals surface area (Å²) in [5.41, 5.74) is 0.215. The van der Waals surface area contributed by atoms with Gasteiger partial charge in [-0.1, -0.05) is 29.3 Å². The Hall–Kier alpha value is -1.23. The number of benzene rings is 2. The van der Waals surface area contributed by atoms with E-state index >= 15 is 0 Å².